The van der Waals surface area contributed by atoms with E-state index in [1.807, 2.05) is 31.2 Å². The monoisotopic (exact) mass is 224 g/mol. The Morgan fingerprint density at radius 2 is 1.59 bits per heavy atom. The summed E-state index contributed by atoms with van der Waals surface area (Å²) in [5.74, 6) is 0.344. The van der Waals surface area contributed by atoms with E-state index in [4.69, 9.17) is 0 Å². The minimum Gasteiger partial charge on any atom is -0.508 e. The quantitative estimate of drug-likeness (QED) is 0.759. The first-order valence-electron chi connectivity index (χ1n) is 5.69. The molecule has 17 heavy (non-hydrogen) atoms. The molecule has 0 spiro atoms. The second-order valence-electron chi connectivity index (χ2n) is 4.29. The maximum Gasteiger partial charge on any atom is 0.119 e. The van der Waals surface area contributed by atoms with Gasteiger partial charge in [0.2, 0.25) is 0 Å². The SMILES string of the molecule is Cc1cccc(/C=C/c2ccc(C)c(O)c2)c1. The molecule has 0 aromatic heterocycles. The van der Waals surface area contributed by atoms with Crippen LogP contribution in [0.1, 0.15) is 22.3 Å². The number of phenols is 1. The van der Waals surface area contributed by atoms with Crippen LogP contribution >= 0.6 is 0 Å². The Balaban J connectivity index is 2.23. The zero-order valence-corrected chi connectivity index (χ0v) is 10.1. The predicted octanol–water partition coefficient (Wildman–Crippen LogP) is 4.18. The molecule has 0 saturated heterocycles. The van der Waals surface area contributed by atoms with Crippen LogP contribution in [0.3, 0.4) is 0 Å². The van der Waals surface area contributed by atoms with Crippen molar-refractivity contribution in [1.29, 1.82) is 0 Å². The molecule has 0 fully saturated rings. The van der Waals surface area contributed by atoms with E-state index in [1.54, 1.807) is 6.07 Å². The standard InChI is InChI=1S/C16H16O/c1-12-4-3-5-14(10-12)8-9-15-7-6-13(2)16(17)11-15/h3-11,17H,1-2H3/b9-8+. The zero-order chi connectivity index (χ0) is 12.3. The number of rotatable bonds is 2. The third-order valence-electron chi connectivity index (χ3n) is 2.74. The van der Waals surface area contributed by atoms with E-state index < -0.39 is 0 Å². The van der Waals surface area contributed by atoms with Crippen LogP contribution in [0.25, 0.3) is 12.2 Å². The summed E-state index contributed by atoms with van der Waals surface area (Å²) in [4.78, 5) is 0. The lowest BCUT2D eigenvalue weighted by molar-refractivity contribution is 0.471. The van der Waals surface area contributed by atoms with Crippen LogP contribution in [-0.2, 0) is 0 Å². The fraction of sp³-hybridized carbons (Fsp3) is 0.125. The first-order valence-corrected chi connectivity index (χ1v) is 5.69. The van der Waals surface area contributed by atoms with Crippen LogP contribution in [0.15, 0.2) is 42.5 Å². The van der Waals surface area contributed by atoms with Gasteiger partial charge in [0, 0.05) is 0 Å². The second kappa shape index (κ2) is 4.88. The Morgan fingerprint density at radius 1 is 0.882 bits per heavy atom. The molecule has 1 heteroatoms. The fourth-order valence-electron chi connectivity index (χ4n) is 1.70. The summed E-state index contributed by atoms with van der Waals surface area (Å²) in [7, 11) is 0. The van der Waals surface area contributed by atoms with Gasteiger partial charge in [-0.15, -0.1) is 0 Å². The van der Waals surface area contributed by atoms with Crippen molar-refractivity contribution in [3.8, 4) is 5.75 Å². The maximum atomic E-state index is 9.61. The van der Waals surface area contributed by atoms with E-state index >= 15 is 0 Å². The van der Waals surface area contributed by atoms with Gasteiger partial charge in [0.25, 0.3) is 0 Å². The molecule has 0 bridgehead atoms. The average molecular weight is 224 g/mol. The van der Waals surface area contributed by atoms with Gasteiger partial charge < -0.3 is 5.11 Å². The van der Waals surface area contributed by atoms with Crippen molar-refractivity contribution in [2.75, 3.05) is 0 Å². The zero-order valence-electron chi connectivity index (χ0n) is 10.1. The highest BCUT2D eigenvalue weighted by Crippen LogP contribution is 2.19. The number of phenolic OH excluding ortho intramolecular Hbond substituents is 1. The number of benzene rings is 2. The highest BCUT2D eigenvalue weighted by Gasteiger charge is 1.95. The van der Waals surface area contributed by atoms with E-state index in [2.05, 4.69) is 31.2 Å². The molecule has 2 rings (SSSR count). The van der Waals surface area contributed by atoms with Gasteiger partial charge in [-0.2, -0.15) is 0 Å². The van der Waals surface area contributed by atoms with Crippen LogP contribution in [0.5, 0.6) is 5.75 Å². The summed E-state index contributed by atoms with van der Waals surface area (Å²) in [6.07, 6.45) is 4.06. The normalized spacial score (nSPS) is 10.9. The maximum absolute atomic E-state index is 9.61. The molecule has 2 aromatic rings. The van der Waals surface area contributed by atoms with Gasteiger partial charge >= 0.3 is 0 Å². The van der Waals surface area contributed by atoms with Gasteiger partial charge in [0.1, 0.15) is 5.75 Å². The molecule has 0 aliphatic heterocycles. The third kappa shape index (κ3) is 2.97. The van der Waals surface area contributed by atoms with E-state index in [9.17, 15) is 5.11 Å². The summed E-state index contributed by atoms with van der Waals surface area (Å²) >= 11 is 0. The van der Waals surface area contributed by atoms with Gasteiger partial charge in [0.05, 0.1) is 0 Å². The molecular formula is C16H16O. The van der Waals surface area contributed by atoms with Crippen LogP contribution in [0.2, 0.25) is 0 Å². The van der Waals surface area contributed by atoms with Crippen LogP contribution < -0.4 is 0 Å². The number of aromatic hydroxyl groups is 1. The van der Waals surface area contributed by atoms with Crippen LogP contribution in [0, 0.1) is 13.8 Å². The summed E-state index contributed by atoms with van der Waals surface area (Å²) < 4.78 is 0. The molecule has 86 valence electrons. The molecule has 0 radical (unpaired) electrons. The lowest BCUT2D eigenvalue weighted by Crippen LogP contribution is -1.78. The summed E-state index contributed by atoms with van der Waals surface area (Å²) in [6.45, 7) is 3.97. The first-order chi connectivity index (χ1) is 8.15. The highest BCUT2D eigenvalue weighted by molar-refractivity contribution is 5.70. The topological polar surface area (TPSA) is 20.2 Å². The average Bonchev–Trinajstić information content (AvgIpc) is 2.31. The van der Waals surface area contributed by atoms with Crippen molar-refractivity contribution < 1.29 is 5.11 Å². The summed E-state index contributed by atoms with van der Waals surface area (Å²) in [5, 5.41) is 9.61. The lowest BCUT2D eigenvalue weighted by Gasteiger charge is -2.00. The largest absolute Gasteiger partial charge is 0.508 e. The molecule has 0 heterocycles. The molecular weight excluding hydrogens is 208 g/mol. The molecule has 0 unspecified atom stereocenters. The molecule has 0 saturated carbocycles. The Bertz CT molecular complexity index is 553. The summed E-state index contributed by atoms with van der Waals surface area (Å²) in [6, 6.07) is 14.0. The van der Waals surface area contributed by atoms with Gasteiger partial charge in [-0.3, -0.25) is 0 Å². The number of hydrogen-bond donors (Lipinski definition) is 1. The molecule has 0 aliphatic rings. The minimum absolute atomic E-state index is 0.344. The Morgan fingerprint density at radius 3 is 2.24 bits per heavy atom. The second-order valence-corrected chi connectivity index (χ2v) is 4.29. The molecule has 1 nitrogen and oxygen atoms in total. The van der Waals surface area contributed by atoms with E-state index in [1.165, 1.54) is 11.1 Å². The van der Waals surface area contributed by atoms with Crippen molar-refractivity contribution in [3.05, 3.63) is 64.7 Å². The van der Waals surface area contributed by atoms with E-state index in [-0.39, 0.29) is 0 Å². The Labute approximate surface area is 102 Å². The van der Waals surface area contributed by atoms with Gasteiger partial charge in [-0.05, 0) is 36.6 Å². The van der Waals surface area contributed by atoms with Crippen LogP contribution in [0.4, 0.5) is 0 Å². The van der Waals surface area contributed by atoms with E-state index in [0.29, 0.717) is 5.75 Å². The summed E-state index contributed by atoms with van der Waals surface area (Å²) in [5.41, 5.74) is 4.33. The van der Waals surface area contributed by atoms with Gasteiger partial charge in [-0.25, -0.2) is 0 Å². The third-order valence-corrected chi connectivity index (χ3v) is 2.74. The molecule has 1 N–H and O–H groups in total. The number of hydrogen-bond acceptors (Lipinski definition) is 1. The molecule has 0 aliphatic carbocycles. The lowest BCUT2D eigenvalue weighted by atomic mass is 10.1. The van der Waals surface area contributed by atoms with Crippen LogP contribution in [-0.4, -0.2) is 5.11 Å². The Hall–Kier alpha value is -2.02. The molecule has 0 amide bonds. The predicted molar refractivity (Wildman–Crippen MR) is 73.0 cm³/mol. The van der Waals surface area contributed by atoms with Crippen molar-refractivity contribution >= 4 is 12.2 Å². The fourth-order valence-corrected chi connectivity index (χ4v) is 1.70. The van der Waals surface area contributed by atoms with Crippen molar-refractivity contribution in [2.24, 2.45) is 0 Å². The van der Waals surface area contributed by atoms with Crippen molar-refractivity contribution in [3.63, 3.8) is 0 Å². The van der Waals surface area contributed by atoms with E-state index in [0.717, 1.165) is 11.1 Å². The molecule has 2 aromatic carbocycles. The van der Waals surface area contributed by atoms with Gasteiger partial charge in [0.15, 0.2) is 0 Å². The van der Waals surface area contributed by atoms with Crippen molar-refractivity contribution in [2.45, 2.75) is 13.8 Å². The smallest absolute Gasteiger partial charge is 0.119 e. The van der Waals surface area contributed by atoms with Gasteiger partial charge in [-0.1, -0.05) is 54.1 Å². The highest BCUT2D eigenvalue weighted by atomic mass is 16.3. The number of aryl methyl sites for hydroxylation is 2. The minimum atomic E-state index is 0.344. The van der Waals surface area contributed by atoms with Crippen molar-refractivity contribution in [1.82, 2.24) is 0 Å². The molecule has 0 atom stereocenters. The Kier molecular flexibility index (Phi) is 3.29. The first kappa shape index (κ1) is 11.5.